The van der Waals surface area contributed by atoms with Gasteiger partial charge in [-0.1, -0.05) is 62.4 Å². The fourth-order valence-corrected chi connectivity index (χ4v) is 5.83. The van der Waals surface area contributed by atoms with E-state index < -0.39 is 60.5 Å². The first-order valence-electron chi connectivity index (χ1n) is 16.4. The van der Waals surface area contributed by atoms with Crippen molar-refractivity contribution in [2.75, 3.05) is 18.5 Å². The lowest BCUT2D eigenvalue weighted by molar-refractivity contribution is -0.527. The second kappa shape index (κ2) is 19.3. The number of carbonyl (C=O) groups is 2. The molecule has 280 valence electrons. The number of aromatic nitrogens is 1. The summed E-state index contributed by atoms with van der Waals surface area (Å²) >= 11 is 0. The number of anilines is 1. The summed E-state index contributed by atoms with van der Waals surface area (Å²) in [5.41, 5.74) is 4.36. The maximum absolute atomic E-state index is 14.2. The first-order valence-corrected chi connectivity index (χ1v) is 16.4. The summed E-state index contributed by atoms with van der Waals surface area (Å²) in [5, 5.41) is 58.4. The van der Waals surface area contributed by atoms with Gasteiger partial charge in [0.2, 0.25) is 0 Å². The number of aliphatic hydroxyl groups excluding tert-OH is 2. The van der Waals surface area contributed by atoms with Gasteiger partial charge in [-0.05, 0) is 66.3 Å². The number of nitrogens with zero attached hydrogens (tertiary/aromatic N) is 3. The van der Waals surface area contributed by atoms with Gasteiger partial charge in [0.1, 0.15) is 25.1 Å². The Balaban J connectivity index is 1.60. The van der Waals surface area contributed by atoms with Crippen LogP contribution in [0.15, 0.2) is 84.9 Å². The number of ether oxygens (including phenoxy) is 1. The van der Waals surface area contributed by atoms with Crippen molar-refractivity contribution in [3.8, 4) is 22.4 Å². The van der Waals surface area contributed by atoms with E-state index in [9.17, 15) is 24.2 Å². The van der Waals surface area contributed by atoms with Crippen molar-refractivity contribution >= 4 is 17.6 Å². The lowest BCUT2D eigenvalue weighted by Gasteiger charge is -2.21. The Morgan fingerprint density at radius 2 is 1.46 bits per heavy atom. The van der Waals surface area contributed by atoms with Crippen LogP contribution < -0.4 is 5.32 Å². The number of hydrogen-bond donors (Lipinski definition) is 7. The maximum Gasteiger partial charge on any atom is 0.308 e. The molecule has 16 heteroatoms. The van der Waals surface area contributed by atoms with Crippen molar-refractivity contribution < 1.29 is 59.4 Å². The van der Waals surface area contributed by atoms with Gasteiger partial charge in [-0.2, -0.15) is 0 Å². The number of hydrogen-bond acceptors (Lipinski definition) is 13. The lowest BCUT2D eigenvalue weighted by Crippen LogP contribution is -2.35. The molecule has 0 unspecified atom stereocenters. The SMILES string of the molecule is CC(C)c1c(C(=O)Nc2ccccc2)c(-c2ccccc2)c(-c2ccc(F)cc2)n1CC[C@@H](O)C[C@@H](O)CC(=O)OC[C@@H](CON(O)O)ON(O)O. The Labute approximate surface area is 299 Å². The highest BCUT2D eigenvalue weighted by Crippen LogP contribution is 2.42. The summed E-state index contributed by atoms with van der Waals surface area (Å²) < 4.78 is 21.1. The minimum absolute atomic E-state index is 0.0948. The molecular formula is C36H43FN4O11. The normalized spacial score (nSPS) is 13.4. The van der Waals surface area contributed by atoms with Gasteiger partial charge in [0, 0.05) is 23.5 Å². The van der Waals surface area contributed by atoms with E-state index in [2.05, 4.69) is 15.0 Å². The molecule has 0 aliphatic rings. The van der Waals surface area contributed by atoms with E-state index in [-0.39, 0.29) is 31.2 Å². The monoisotopic (exact) mass is 726 g/mol. The van der Waals surface area contributed by atoms with Crippen LogP contribution in [0.3, 0.4) is 0 Å². The summed E-state index contributed by atoms with van der Waals surface area (Å²) in [4.78, 5) is 35.4. The molecule has 15 nitrogen and oxygen atoms in total. The number of esters is 1. The highest BCUT2D eigenvalue weighted by molar-refractivity contribution is 6.12. The number of nitrogens with one attached hydrogen (secondary N) is 1. The predicted molar refractivity (Wildman–Crippen MR) is 182 cm³/mol. The lowest BCUT2D eigenvalue weighted by atomic mass is 9.94. The van der Waals surface area contributed by atoms with E-state index in [0.717, 1.165) is 5.56 Å². The van der Waals surface area contributed by atoms with Crippen LogP contribution in [0.1, 0.15) is 55.1 Å². The smallest absolute Gasteiger partial charge is 0.308 e. The van der Waals surface area contributed by atoms with Gasteiger partial charge in [-0.3, -0.25) is 30.4 Å². The molecule has 0 aliphatic heterocycles. The Hall–Kier alpha value is -4.59. The number of aliphatic hydroxyl groups is 2. The van der Waals surface area contributed by atoms with Gasteiger partial charge >= 0.3 is 5.97 Å². The van der Waals surface area contributed by atoms with Gasteiger partial charge in [-0.15, -0.1) is 0 Å². The van der Waals surface area contributed by atoms with Crippen LogP contribution in [0, 0.1) is 5.82 Å². The van der Waals surface area contributed by atoms with Gasteiger partial charge < -0.3 is 24.8 Å². The molecule has 4 rings (SSSR count). The molecule has 0 saturated heterocycles. The topological polar surface area (TPSA) is 207 Å². The predicted octanol–water partition coefficient (Wildman–Crippen LogP) is 5.16. The first-order chi connectivity index (χ1) is 24.8. The third-order valence-corrected chi connectivity index (χ3v) is 7.97. The molecule has 7 N–H and O–H groups in total. The van der Waals surface area contributed by atoms with Crippen LogP contribution in [0.5, 0.6) is 0 Å². The van der Waals surface area contributed by atoms with E-state index in [1.165, 1.54) is 12.1 Å². The average Bonchev–Trinajstić information content (AvgIpc) is 3.45. The summed E-state index contributed by atoms with van der Waals surface area (Å²) in [6.45, 7) is 2.79. The number of rotatable bonds is 19. The van der Waals surface area contributed by atoms with E-state index >= 15 is 0 Å². The Morgan fingerprint density at radius 3 is 2.06 bits per heavy atom. The zero-order valence-corrected chi connectivity index (χ0v) is 28.6. The van der Waals surface area contributed by atoms with Crippen molar-refractivity contribution in [3.05, 3.63) is 102 Å². The fourth-order valence-electron chi connectivity index (χ4n) is 5.83. The second-order valence-electron chi connectivity index (χ2n) is 12.2. The Bertz CT molecular complexity index is 1720. The van der Waals surface area contributed by atoms with Crippen LogP contribution in [-0.4, -0.2) is 89.8 Å². The van der Waals surface area contributed by atoms with Crippen LogP contribution in [0.4, 0.5) is 10.1 Å². The zero-order valence-electron chi connectivity index (χ0n) is 28.6. The summed E-state index contributed by atoms with van der Waals surface area (Å²) in [6, 6.07) is 24.3. The molecule has 4 aromatic rings. The molecule has 0 fully saturated rings. The maximum atomic E-state index is 14.2. The summed E-state index contributed by atoms with van der Waals surface area (Å²) in [7, 11) is 0. The molecular weight excluding hydrogens is 683 g/mol. The number of amides is 1. The van der Waals surface area contributed by atoms with Crippen LogP contribution in [0.25, 0.3) is 22.4 Å². The largest absolute Gasteiger partial charge is 0.463 e. The summed E-state index contributed by atoms with van der Waals surface area (Å²) in [6.07, 6.45) is -4.50. The Kier molecular flexibility index (Phi) is 14.9. The fraction of sp³-hybridized carbons (Fsp3) is 0.333. The molecule has 0 aliphatic carbocycles. The van der Waals surface area contributed by atoms with Crippen LogP contribution >= 0.6 is 0 Å². The molecule has 1 aromatic heterocycles. The Morgan fingerprint density at radius 1 is 0.827 bits per heavy atom. The highest BCUT2D eigenvalue weighted by atomic mass is 19.1. The molecule has 0 saturated carbocycles. The third-order valence-electron chi connectivity index (χ3n) is 7.97. The van der Waals surface area contributed by atoms with Crippen LogP contribution in [0.2, 0.25) is 0 Å². The highest BCUT2D eigenvalue weighted by Gasteiger charge is 2.31. The van der Waals surface area contributed by atoms with Gasteiger partial charge in [0.05, 0.1) is 40.7 Å². The van der Waals surface area contributed by atoms with Crippen molar-refractivity contribution in [1.82, 2.24) is 15.3 Å². The average molecular weight is 727 g/mol. The molecule has 0 bridgehead atoms. The van der Waals surface area contributed by atoms with Crippen molar-refractivity contribution in [3.63, 3.8) is 0 Å². The van der Waals surface area contributed by atoms with E-state index in [1.807, 2.05) is 66.9 Å². The van der Waals surface area contributed by atoms with Crippen molar-refractivity contribution in [1.29, 1.82) is 0 Å². The molecule has 3 atom stereocenters. The summed E-state index contributed by atoms with van der Waals surface area (Å²) in [5.74, 6) is -1.89. The molecule has 3 aromatic carbocycles. The standard InChI is InChI=1S/C36H43FN4O11/c1-23(2)34-33(36(45)38-27-11-7-4-8-12-27)32(24-9-5-3-6-10-24)35(25-13-15-26(37)16-14-25)39(34)18-17-28(42)19-29(43)20-31(44)50-21-30(52-41(48)49)22-51-40(46)47/h3-16,23,28-30,42-43,46-49H,17-22H2,1-2H3,(H,38,45)/t28-,29-,30+/m1/s1. The quantitative estimate of drug-likeness (QED) is 0.0493. The zero-order chi connectivity index (χ0) is 37.8. The van der Waals surface area contributed by atoms with Gasteiger partial charge in [0.15, 0.2) is 0 Å². The number of halogens is 1. The molecule has 0 spiro atoms. The second-order valence-corrected chi connectivity index (χ2v) is 12.2. The minimum atomic E-state index is -1.38. The molecule has 0 radical (unpaired) electrons. The first kappa shape index (κ1) is 40.2. The van der Waals surface area contributed by atoms with E-state index in [1.54, 1.807) is 24.3 Å². The number of benzene rings is 3. The van der Waals surface area contributed by atoms with Crippen molar-refractivity contribution in [2.45, 2.75) is 63.9 Å². The minimum Gasteiger partial charge on any atom is -0.463 e. The number of para-hydroxylation sites is 1. The van der Waals surface area contributed by atoms with E-state index in [0.29, 0.717) is 33.8 Å². The molecule has 52 heavy (non-hydrogen) atoms. The third kappa shape index (κ3) is 11.5. The van der Waals surface area contributed by atoms with Gasteiger partial charge in [-0.25, -0.2) is 14.1 Å². The van der Waals surface area contributed by atoms with Gasteiger partial charge in [0.25, 0.3) is 5.91 Å². The molecule has 1 heterocycles. The van der Waals surface area contributed by atoms with E-state index in [4.69, 9.17) is 25.6 Å². The van der Waals surface area contributed by atoms with Crippen LogP contribution in [-0.2, 0) is 25.8 Å². The van der Waals surface area contributed by atoms with Crippen molar-refractivity contribution in [2.24, 2.45) is 0 Å². The number of carbonyl (C=O) groups excluding carboxylic acids is 2. The molecule has 1 amide bonds.